The van der Waals surface area contributed by atoms with Gasteiger partial charge in [0, 0.05) is 0 Å². The zero-order valence-corrected chi connectivity index (χ0v) is 5.42. The Morgan fingerprint density at radius 2 is 1.64 bits per heavy atom. The Morgan fingerprint density at radius 1 is 1.27 bits per heavy atom. The lowest BCUT2D eigenvalue weighted by atomic mass is 10.7. The summed E-state index contributed by atoms with van der Waals surface area (Å²) in [5, 5.41) is 0. The van der Waals surface area contributed by atoms with Gasteiger partial charge in [-0.1, -0.05) is 4.39 Å². The topological polar surface area (TPSA) is 43.4 Å². The minimum absolute atomic E-state index is 1.80. The Morgan fingerprint density at radius 3 is 1.73 bits per heavy atom. The summed E-state index contributed by atoms with van der Waals surface area (Å²) in [6, 6.07) is 0. The highest BCUT2D eigenvalue weighted by molar-refractivity contribution is 7.87. The minimum Gasteiger partial charge on any atom is -0.217 e. The monoisotopic (exact) mass is 200 g/mol. The second kappa shape index (κ2) is 2.89. The summed E-state index contributed by atoms with van der Waals surface area (Å²) in [6.45, 7) is 0. The number of halogens is 5. The Hall–Kier alpha value is -0.440. The molecule has 0 aromatic rings. The van der Waals surface area contributed by atoms with Crippen LogP contribution >= 0.6 is 0 Å². The van der Waals surface area contributed by atoms with E-state index < -0.39 is 21.8 Å². The average Bonchev–Trinajstić information content (AvgIpc) is 1.84. The summed E-state index contributed by atoms with van der Waals surface area (Å²) < 4.78 is 76.8. The van der Waals surface area contributed by atoms with Crippen molar-refractivity contribution in [2.45, 2.75) is 11.7 Å². The van der Waals surface area contributed by atoms with Gasteiger partial charge in [0.05, 0.1) is 0 Å². The van der Waals surface area contributed by atoms with Crippen molar-refractivity contribution in [3.8, 4) is 0 Å². The van der Waals surface area contributed by atoms with Crippen LogP contribution in [-0.4, -0.2) is 20.1 Å². The molecular formula is C2HF5O3S. The van der Waals surface area contributed by atoms with Gasteiger partial charge in [-0.05, 0) is 4.53 Å². The number of alkyl halides is 4. The van der Waals surface area contributed by atoms with Gasteiger partial charge in [0.25, 0.3) is 0 Å². The van der Waals surface area contributed by atoms with Crippen molar-refractivity contribution in [1.29, 1.82) is 0 Å². The normalized spacial score (nSPS) is 16.5. The van der Waals surface area contributed by atoms with Gasteiger partial charge in [-0.3, -0.25) is 0 Å². The zero-order chi connectivity index (χ0) is 9.28. The molecule has 0 fully saturated rings. The summed E-state index contributed by atoms with van der Waals surface area (Å²) in [7, 11) is -5.81. The predicted octanol–water partition coefficient (Wildman–Crippen LogP) is 1.08. The average molecular weight is 200 g/mol. The third kappa shape index (κ3) is 2.58. The predicted molar refractivity (Wildman–Crippen MR) is 22.1 cm³/mol. The summed E-state index contributed by atoms with van der Waals surface area (Å²) >= 11 is 0. The first kappa shape index (κ1) is 10.6. The first-order chi connectivity index (χ1) is 4.72. The quantitative estimate of drug-likeness (QED) is 0.626. The summed E-state index contributed by atoms with van der Waals surface area (Å²) in [6.07, 6.45) is -5.68. The van der Waals surface area contributed by atoms with Crippen LogP contribution in [0, 0.1) is 0 Å². The van der Waals surface area contributed by atoms with E-state index in [1.165, 1.54) is 0 Å². The van der Waals surface area contributed by atoms with Crippen LogP contribution in [0.15, 0.2) is 0 Å². The van der Waals surface area contributed by atoms with Crippen molar-refractivity contribution in [3.63, 3.8) is 0 Å². The van der Waals surface area contributed by atoms with Crippen LogP contribution in [0.4, 0.5) is 22.1 Å². The van der Waals surface area contributed by atoms with Crippen LogP contribution in [0.5, 0.6) is 0 Å². The molecular weight excluding hydrogens is 199 g/mol. The van der Waals surface area contributed by atoms with Gasteiger partial charge in [0.2, 0.25) is 0 Å². The first-order valence-corrected chi connectivity index (χ1v) is 3.44. The molecule has 68 valence electrons. The van der Waals surface area contributed by atoms with E-state index in [1.54, 1.807) is 4.39 Å². The second-order valence-electron chi connectivity index (χ2n) is 1.41. The molecule has 11 heavy (non-hydrogen) atoms. The molecule has 9 heteroatoms. The van der Waals surface area contributed by atoms with Crippen molar-refractivity contribution in [1.82, 2.24) is 0 Å². The molecule has 0 N–H and O–H groups in total. The summed E-state index contributed by atoms with van der Waals surface area (Å²) in [4.78, 5) is 0. The van der Waals surface area contributed by atoms with E-state index in [0.29, 0.717) is 0 Å². The fourth-order valence-electron chi connectivity index (χ4n) is 0.196. The third-order valence-corrected chi connectivity index (χ3v) is 1.55. The molecule has 0 spiro atoms. The van der Waals surface area contributed by atoms with E-state index in [-0.39, 0.29) is 0 Å². The van der Waals surface area contributed by atoms with Crippen molar-refractivity contribution in [2.75, 3.05) is 0 Å². The highest BCUT2D eigenvalue weighted by atomic mass is 32.2. The van der Waals surface area contributed by atoms with E-state index in [1.807, 2.05) is 0 Å². The first-order valence-electron chi connectivity index (χ1n) is 1.96. The number of hydrogen-bond donors (Lipinski definition) is 0. The Kier molecular flexibility index (Phi) is 2.78. The van der Waals surface area contributed by atoms with E-state index in [9.17, 15) is 30.5 Å². The van der Waals surface area contributed by atoms with Gasteiger partial charge in [-0.15, -0.1) is 0 Å². The van der Waals surface area contributed by atoms with E-state index in [2.05, 4.69) is 0 Å². The fraction of sp³-hybridized carbons (Fsp3) is 1.00. The molecule has 0 saturated carbocycles. The smallest absolute Gasteiger partial charge is 0.217 e. The van der Waals surface area contributed by atoms with Crippen LogP contribution in [-0.2, 0) is 14.5 Å². The second-order valence-corrected chi connectivity index (χ2v) is 2.94. The molecule has 0 bridgehead atoms. The maximum absolute atomic E-state index is 11.6. The van der Waals surface area contributed by atoms with Gasteiger partial charge in [0.1, 0.15) is 0 Å². The molecule has 0 aliphatic carbocycles. The Balaban J connectivity index is 4.64. The Labute approximate surface area is 57.8 Å². The molecule has 3 nitrogen and oxygen atoms in total. The number of rotatable bonds is 2. The van der Waals surface area contributed by atoms with Gasteiger partial charge in [0.15, 0.2) is 0 Å². The highest BCUT2D eigenvalue weighted by Crippen LogP contribution is 2.27. The summed E-state index contributed by atoms with van der Waals surface area (Å²) in [5.74, 6) is 0. The van der Waals surface area contributed by atoms with Crippen LogP contribution in [0.25, 0.3) is 0 Å². The van der Waals surface area contributed by atoms with Gasteiger partial charge in [-0.2, -0.15) is 21.6 Å². The molecule has 0 aromatic heterocycles. The molecule has 0 saturated heterocycles. The zero-order valence-electron chi connectivity index (χ0n) is 4.60. The standard InChI is InChI=1S/C2HF5O3S/c3-1(2(4,5)6)11(8,9)10-7/h1H. The van der Waals surface area contributed by atoms with Crippen LogP contribution in [0.1, 0.15) is 0 Å². The summed E-state index contributed by atoms with van der Waals surface area (Å²) in [5.41, 5.74) is -4.35. The van der Waals surface area contributed by atoms with Crippen LogP contribution in [0.3, 0.4) is 0 Å². The van der Waals surface area contributed by atoms with Gasteiger partial charge < -0.3 is 0 Å². The van der Waals surface area contributed by atoms with Crippen LogP contribution in [0.2, 0.25) is 0 Å². The van der Waals surface area contributed by atoms with Crippen molar-refractivity contribution in [2.24, 2.45) is 0 Å². The molecule has 0 aliphatic rings. The molecule has 0 amide bonds. The largest absolute Gasteiger partial charge is 0.436 e. The lowest BCUT2D eigenvalue weighted by molar-refractivity contribution is -0.161. The lowest BCUT2D eigenvalue weighted by Crippen LogP contribution is -2.32. The fourth-order valence-corrected chi connectivity index (χ4v) is 0.587. The SMILES string of the molecule is O=S(=O)(OF)C(F)C(F)(F)F. The van der Waals surface area contributed by atoms with E-state index in [0.717, 1.165) is 0 Å². The minimum atomic E-state index is -5.81. The molecule has 0 rings (SSSR count). The van der Waals surface area contributed by atoms with Crippen molar-refractivity contribution >= 4 is 10.1 Å². The lowest BCUT2D eigenvalue weighted by Gasteiger charge is -2.08. The molecule has 0 aromatic carbocycles. The molecule has 0 aliphatic heterocycles. The van der Waals surface area contributed by atoms with E-state index >= 15 is 0 Å². The van der Waals surface area contributed by atoms with Gasteiger partial charge in [-0.25, -0.2) is 4.39 Å². The van der Waals surface area contributed by atoms with Gasteiger partial charge >= 0.3 is 21.8 Å². The van der Waals surface area contributed by atoms with E-state index in [4.69, 9.17) is 0 Å². The number of hydrogen-bond acceptors (Lipinski definition) is 3. The molecule has 0 heterocycles. The van der Waals surface area contributed by atoms with Crippen molar-refractivity contribution in [3.05, 3.63) is 0 Å². The third-order valence-electron chi connectivity index (χ3n) is 0.599. The molecule has 1 unspecified atom stereocenters. The highest BCUT2D eigenvalue weighted by Gasteiger charge is 2.51. The van der Waals surface area contributed by atoms with Crippen LogP contribution < -0.4 is 0 Å². The van der Waals surface area contributed by atoms with Crippen molar-refractivity contribution < 1.29 is 34.9 Å². The molecule has 1 atom stereocenters. The molecule has 0 radical (unpaired) electrons. The Bertz CT molecular complexity index is 216. The maximum Gasteiger partial charge on any atom is 0.436 e. The maximum atomic E-state index is 11.6.